The minimum Gasteiger partial charge on any atom is -0.467 e. The van der Waals surface area contributed by atoms with Crippen LogP contribution < -0.4 is 5.32 Å². The van der Waals surface area contributed by atoms with Gasteiger partial charge in [0.05, 0.1) is 33.0 Å². The summed E-state index contributed by atoms with van der Waals surface area (Å²) in [4.78, 5) is 27.0. The van der Waals surface area contributed by atoms with Crippen LogP contribution in [0.5, 0.6) is 0 Å². The fourth-order valence-electron chi connectivity index (χ4n) is 6.50. The summed E-state index contributed by atoms with van der Waals surface area (Å²) in [6.45, 7) is 11.4. The molecule has 1 aromatic carbocycles. The van der Waals surface area contributed by atoms with Crippen molar-refractivity contribution in [2.24, 2.45) is 5.41 Å². The van der Waals surface area contributed by atoms with Crippen LogP contribution in [0.15, 0.2) is 42.5 Å². The zero-order valence-corrected chi connectivity index (χ0v) is 31.2. The molecule has 278 valence electrons. The Balaban J connectivity index is 1.57. The zero-order valence-electron chi connectivity index (χ0n) is 31.2. The molecule has 2 aliphatic heterocycles. The Morgan fingerprint density at radius 3 is 2.18 bits per heavy atom. The molecule has 49 heavy (non-hydrogen) atoms. The van der Waals surface area contributed by atoms with Gasteiger partial charge >= 0.3 is 5.97 Å². The van der Waals surface area contributed by atoms with Gasteiger partial charge in [0.1, 0.15) is 12.9 Å². The minimum atomic E-state index is -1.69. The number of carbonyl (C=O) groups is 2. The molecule has 0 spiro atoms. The van der Waals surface area contributed by atoms with Gasteiger partial charge in [0.15, 0.2) is 17.1 Å². The second kappa shape index (κ2) is 19.9. The Hall–Kier alpha value is -2.34. The van der Waals surface area contributed by atoms with Gasteiger partial charge in [-0.15, -0.1) is 0 Å². The lowest BCUT2D eigenvalue weighted by Crippen LogP contribution is -2.67. The van der Waals surface area contributed by atoms with Crippen molar-refractivity contribution in [3.63, 3.8) is 0 Å². The van der Waals surface area contributed by atoms with E-state index in [0.29, 0.717) is 12.0 Å². The van der Waals surface area contributed by atoms with Crippen LogP contribution in [-0.2, 0) is 38.0 Å². The molecule has 0 saturated carbocycles. The number of nitrogens with one attached hydrogen (secondary N) is 1. The van der Waals surface area contributed by atoms with Crippen molar-refractivity contribution in [1.82, 2.24) is 5.32 Å². The Morgan fingerprint density at radius 1 is 0.898 bits per heavy atom. The molecule has 10 heteroatoms. The Kier molecular flexibility index (Phi) is 16.7. The normalized spacial score (nSPS) is 22.5. The van der Waals surface area contributed by atoms with Crippen molar-refractivity contribution in [2.45, 2.75) is 141 Å². The third-order valence-electron chi connectivity index (χ3n) is 9.20. The fourth-order valence-corrected chi connectivity index (χ4v) is 6.50. The summed E-state index contributed by atoms with van der Waals surface area (Å²) in [7, 11) is 2.77. The number of hydrogen-bond donors (Lipinski definition) is 1. The second-order valence-electron chi connectivity index (χ2n) is 14.8. The Bertz CT molecular complexity index is 1140. The van der Waals surface area contributed by atoms with Gasteiger partial charge in [0, 0.05) is 30.9 Å². The first-order valence-corrected chi connectivity index (χ1v) is 18.2. The molecule has 0 unspecified atom stereocenters. The molecule has 1 amide bonds. The maximum absolute atomic E-state index is 13.5. The lowest BCUT2D eigenvalue weighted by atomic mass is 9.87. The van der Waals surface area contributed by atoms with Gasteiger partial charge < -0.3 is 38.5 Å². The van der Waals surface area contributed by atoms with E-state index in [1.165, 1.54) is 33.5 Å². The molecule has 3 rings (SSSR count). The van der Waals surface area contributed by atoms with Crippen LogP contribution in [0, 0.1) is 5.41 Å². The highest BCUT2D eigenvalue weighted by molar-refractivity contribution is 5.98. The average molecular weight is 690 g/mol. The number of esters is 1. The molecule has 2 heterocycles. The molecular formula is C39H63NO9. The highest BCUT2D eigenvalue weighted by Crippen LogP contribution is 2.38. The highest BCUT2D eigenvalue weighted by atomic mass is 16.8. The smallest absolute Gasteiger partial charge is 0.336 e. The average Bonchev–Trinajstić information content (AvgIpc) is 3.41. The molecule has 10 nitrogen and oxygen atoms in total. The number of hydrogen-bond acceptors (Lipinski definition) is 9. The van der Waals surface area contributed by atoms with Gasteiger partial charge in [-0.1, -0.05) is 83.2 Å². The summed E-state index contributed by atoms with van der Waals surface area (Å²) in [6, 6.07) is 8.68. The van der Waals surface area contributed by atoms with Crippen molar-refractivity contribution in [3.05, 3.63) is 48.0 Å². The molecule has 0 bridgehead atoms. The summed E-state index contributed by atoms with van der Waals surface area (Å²) in [6.07, 6.45) is 15.3. The van der Waals surface area contributed by atoms with Crippen LogP contribution in [-0.4, -0.2) is 82.0 Å². The van der Waals surface area contributed by atoms with E-state index in [4.69, 9.17) is 33.2 Å². The molecule has 3 atom stereocenters. The predicted octanol–water partition coefficient (Wildman–Crippen LogP) is 7.50. The van der Waals surface area contributed by atoms with Gasteiger partial charge in [0.2, 0.25) is 0 Å². The molecule has 0 aliphatic carbocycles. The van der Waals surface area contributed by atoms with Crippen molar-refractivity contribution in [1.29, 1.82) is 0 Å². The van der Waals surface area contributed by atoms with Crippen molar-refractivity contribution in [3.8, 4) is 0 Å². The van der Waals surface area contributed by atoms with E-state index in [9.17, 15) is 9.59 Å². The quantitative estimate of drug-likeness (QED) is 0.0573. The second-order valence-corrected chi connectivity index (χ2v) is 14.8. The van der Waals surface area contributed by atoms with E-state index in [1.54, 1.807) is 38.1 Å². The maximum Gasteiger partial charge on any atom is 0.336 e. The van der Waals surface area contributed by atoms with E-state index in [0.717, 1.165) is 64.6 Å². The summed E-state index contributed by atoms with van der Waals surface area (Å²) < 4.78 is 41.4. The third kappa shape index (κ3) is 12.7. The predicted molar refractivity (Wildman–Crippen MR) is 189 cm³/mol. The monoisotopic (exact) mass is 689 g/mol. The number of ether oxygens (including phenoxy) is 7. The molecule has 2 fully saturated rings. The van der Waals surface area contributed by atoms with Gasteiger partial charge in [-0.25, -0.2) is 4.79 Å². The lowest BCUT2D eigenvalue weighted by molar-refractivity contribution is -0.305. The first-order chi connectivity index (χ1) is 23.4. The van der Waals surface area contributed by atoms with Crippen LogP contribution in [0.3, 0.4) is 0 Å². The maximum atomic E-state index is 13.5. The highest BCUT2D eigenvalue weighted by Gasteiger charge is 2.58. The fraction of sp³-hybridized carbons (Fsp3) is 0.744. The van der Waals surface area contributed by atoms with Crippen LogP contribution in [0.4, 0.5) is 0 Å². The molecule has 2 saturated heterocycles. The first kappa shape index (κ1) is 41.1. The molecular weight excluding hydrogens is 626 g/mol. The van der Waals surface area contributed by atoms with Crippen molar-refractivity contribution in [2.75, 3.05) is 40.8 Å². The van der Waals surface area contributed by atoms with Crippen molar-refractivity contribution < 1.29 is 42.7 Å². The lowest BCUT2D eigenvalue weighted by Gasteiger charge is -2.44. The number of allylic oxidation sites excluding steroid dienone is 1. The zero-order chi connectivity index (χ0) is 35.8. The van der Waals surface area contributed by atoms with E-state index in [-0.39, 0.29) is 18.8 Å². The van der Waals surface area contributed by atoms with Gasteiger partial charge in [-0.3, -0.25) is 4.79 Å². The number of methoxy groups -OCH3 is 2. The number of unbranched alkanes of at least 4 members (excludes halogenated alkanes) is 7. The first-order valence-electron chi connectivity index (χ1n) is 18.2. The Morgan fingerprint density at radius 2 is 1.55 bits per heavy atom. The van der Waals surface area contributed by atoms with Crippen LogP contribution in [0.1, 0.15) is 122 Å². The van der Waals surface area contributed by atoms with Gasteiger partial charge in [-0.2, -0.15) is 0 Å². The van der Waals surface area contributed by atoms with Crippen LogP contribution in [0.2, 0.25) is 0 Å². The van der Waals surface area contributed by atoms with Crippen LogP contribution >= 0.6 is 0 Å². The van der Waals surface area contributed by atoms with E-state index in [1.807, 2.05) is 6.07 Å². The molecule has 0 radical (unpaired) electrons. The van der Waals surface area contributed by atoms with Gasteiger partial charge in [-0.05, 0) is 58.1 Å². The van der Waals surface area contributed by atoms with E-state index < -0.39 is 41.2 Å². The third-order valence-corrected chi connectivity index (χ3v) is 9.20. The molecule has 0 aromatic heterocycles. The molecule has 1 aromatic rings. The number of amides is 1. The number of rotatable bonds is 22. The number of carbonyl (C=O) groups excluding carboxylic acids is 2. The molecule has 2 aliphatic rings. The standard InChI is InChI=1S/C39H63NO9/c1-8-9-10-20-25-38(46-27-36(2,3)28-47-38)26-21-15-13-11-12-14-19-24-32-33(49-37(4,5)48-32)39(35(42)44-7,29-45-30-43-6)40-34(41)31-22-17-16-18-23-31/h14,16-19,22-23,32-33H,8-13,15,20-21,24-30H2,1-7H3,(H,40,41)/b19-14-/t32-,33+,39+/m1/s1. The summed E-state index contributed by atoms with van der Waals surface area (Å²) in [5.74, 6) is -2.58. The minimum absolute atomic E-state index is 0.0688. The summed E-state index contributed by atoms with van der Waals surface area (Å²) in [5.41, 5.74) is -1.23. The Labute approximate surface area is 294 Å². The van der Waals surface area contributed by atoms with E-state index in [2.05, 4.69) is 38.2 Å². The summed E-state index contributed by atoms with van der Waals surface area (Å²) in [5, 5.41) is 2.90. The number of benzene rings is 1. The topological polar surface area (TPSA) is 111 Å². The molecule has 1 N–H and O–H groups in total. The SMILES string of the molecule is CCCCCCC1(CCCCCC/C=C\C[C@H]2OC(C)(C)O[C@@H]2[C@](COCOC)(NC(=O)c2ccccc2)C(=O)OC)OCC(C)(C)CO1. The summed E-state index contributed by atoms with van der Waals surface area (Å²) >= 11 is 0. The van der Waals surface area contributed by atoms with Gasteiger partial charge in [0.25, 0.3) is 5.91 Å². The van der Waals surface area contributed by atoms with Crippen molar-refractivity contribution >= 4 is 11.9 Å². The van der Waals surface area contributed by atoms with Crippen LogP contribution in [0.25, 0.3) is 0 Å². The largest absolute Gasteiger partial charge is 0.467 e. The van der Waals surface area contributed by atoms with E-state index >= 15 is 0 Å².